The Kier molecular flexibility index (Phi) is 2.86. The fourth-order valence-electron chi connectivity index (χ4n) is 1.83. The van der Waals surface area contributed by atoms with E-state index in [1.807, 2.05) is 6.08 Å². The van der Waals surface area contributed by atoms with Crippen LogP contribution in [-0.2, 0) is 4.79 Å². The van der Waals surface area contributed by atoms with Crippen molar-refractivity contribution in [3.8, 4) is 0 Å². The first-order valence-electron chi connectivity index (χ1n) is 4.55. The van der Waals surface area contributed by atoms with E-state index in [9.17, 15) is 4.79 Å². The van der Waals surface area contributed by atoms with Gasteiger partial charge in [-0.05, 0) is 35.5 Å². The summed E-state index contributed by atoms with van der Waals surface area (Å²) < 4.78 is 0. The van der Waals surface area contributed by atoms with Crippen molar-refractivity contribution in [3.63, 3.8) is 0 Å². The van der Waals surface area contributed by atoms with Crippen LogP contribution in [-0.4, -0.2) is 6.29 Å². The monoisotopic (exact) mass is 176 g/mol. The van der Waals surface area contributed by atoms with Gasteiger partial charge in [0.05, 0.1) is 0 Å². The van der Waals surface area contributed by atoms with Gasteiger partial charge >= 0.3 is 0 Å². The molecule has 0 fully saturated rings. The second-order valence-electron chi connectivity index (χ2n) is 4.32. The number of aldehydes is 1. The van der Waals surface area contributed by atoms with E-state index >= 15 is 0 Å². The number of hydrogen-bond donors (Lipinski definition) is 0. The maximum Gasteiger partial charge on any atom is 0.143 e. The highest BCUT2D eigenvalue weighted by atomic mass is 16.1. The topological polar surface area (TPSA) is 17.1 Å². The van der Waals surface area contributed by atoms with Crippen LogP contribution in [0.2, 0.25) is 0 Å². The highest BCUT2D eigenvalue weighted by Crippen LogP contribution is 2.37. The van der Waals surface area contributed by atoms with Crippen LogP contribution in [0.3, 0.4) is 0 Å². The highest BCUT2D eigenvalue weighted by Gasteiger charge is 2.23. The Balaban J connectivity index is 2.96. The number of hydrogen-bond acceptors (Lipinski definition) is 1. The Bertz CT molecular complexity index is 279. The standard InChI is InChI=1S/C12H16O/c1-4-10-7-11(5-6-13)9-12(2,3)8-10/h4-7H,1,8-9H2,2-3H3/b11-5-. The van der Waals surface area contributed by atoms with Gasteiger partial charge in [-0.1, -0.05) is 32.6 Å². The van der Waals surface area contributed by atoms with E-state index < -0.39 is 0 Å². The third-order valence-corrected chi connectivity index (χ3v) is 2.28. The van der Waals surface area contributed by atoms with E-state index in [0.717, 1.165) is 24.7 Å². The minimum absolute atomic E-state index is 0.257. The normalized spacial score (nSPS) is 23.8. The zero-order valence-electron chi connectivity index (χ0n) is 8.34. The average molecular weight is 176 g/mol. The summed E-state index contributed by atoms with van der Waals surface area (Å²) in [6.07, 6.45) is 8.46. The van der Waals surface area contributed by atoms with Gasteiger partial charge in [0.25, 0.3) is 0 Å². The van der Waals surface area contributed by atoms with Gasteiger partial charge < -0.3 is 0 Å². The second-order valence-corrected chi connectivity index (χ2v) is 4.32. The van der Waals surface area contributed by atoms with E-state index in [1.54, 1.807) is 6.08 Å². The molecule has 0 aromatic rings. The van der Waals surface area contributed by atoms with Crippen LogP contribution in [0.5, 0.6) is 0 Å². The average Bonchev–Trinajstić information content (AvgIpc) is 2.02. The van der Waals surface area contributed by atoms with Crippen molar-refractivity contribution in [1.82, 2.24) is 0 Å². The summed E-state index contributed by atoms with van der Waals surface area (Å²) >= 11 is 0. The Morgan fingerprint density at radius 2 is 2.15 bits per heavy atom. The molecule has 0 radical (unpaired) electrons. The molecular formula is C12H16O. The minimum Gasteiger partial charge on any atom is -0.299 e. The summed E-state index contributed by atoms with van der Waals surface area (Å²) in [5.74, 6) is 0. The van der Waals surface area contributed by atoms with Crippen LogP contribution >= 0.6 is 0 Å². The number of carbonyl (C=O) groups excluding carboxylic acids is 1. The molecule has 0 bridgehead atoms. The van der Waals surface area contributed by atoms with Crippen molar-refractivity contribution in [1.29, 1.82) is 0 Å². The van der Waals surface area contributed by atoms with Crippen LogP contribution < -0.4 is 0 Å². The fraction of sp³-hybridized carbons (Fsp3) is 0.417. The van der Waals surface area contributed by atoms with E-state index in [-0.39, 0.29) is 5.41 Å². The van der Waals surface area contributed by atoms with Crippen LogP contribution in [0.4, 0.5) is 0 Å². The smallest absolute Gasteiger partial charge is 0.143 e. The number of carbonyl (C=O) groups is 1. The first-order valence-corrected chi connectivity index (χ1v) is 4.55. The third kappa shape index (κ3) is 2.69. The molecule has 1 nitrogen and oxygen atoms in total. The lowest BCUT2D eigenvalue weighted by molar-refractivity contribution is -0.104. The largest absolute Gasteiger partial charge is 0.299 e. The molecule has 0 saturated heterocycles. The highest BCUT2D eigenvalue weighted by molar-refractivity contribution is 5.67. The van der Waals surface area contributed by atoms with E-state index in [4.69, 9.17) is 0 Å². The van der Waals surface area contributed by atoms with Crippen molar-refractivity contribution in [2.45, 2.75) is 26.7 Å². The zero-order valence-corrected chi connectivity index (χ0v) is 8.34. The lowest BCUT2D eigenvalue weighted by atomic mass is 9.75. The van der Waals surface area contributed by atoms with Crippen molar-refractivity contribution < 1.29 is 4.79 Å². The molecule has 0 aromatic carbocycles. The van der Waals surface area contributed by atoms with Crippen LogP contribution in [0.1, 0.15) is 26.7 Å². The predicted molar refractivity (Wildman–Crippen MR) is 55.4 cm³/mol. The van der Waals surface area contributed by atoms with Crippen LogP contribution in [0, 0.1) is 5.41 Å². The molecule has 70 valence electrons. The summed E-state index contributed by atoms with van der Waals surface area (Å²) in [6.45, 7) is 8.18. The van der Waals surface area contributed by atoms with Crippen molar-refractivity contribution in [3.05, 3.63) is 36.0 Å². The van der Waals surface area contributed by atoms with E-state index in [2.05, 4.69) is 26.5 Å². The molecule has 0 aliphatic heterocycles. The lowest BCUT2D eigenvalue weighted by Crippen LogP contribution is -2.16. The number of allylic oxidation sites excluding steroid dienone is 5. The van der Waals surface area contributed by atoms with E-state index in [1.165, 1.54) is 5.57 Å². The molecule has 0 saturated carbocycles. The Morgan fingerprint density at radius 3 is 2.69 bits per heavy atom. The van der Waals surface area contributed by atoms with Gasteiger partial charge in [0.15, 0.2) is 0 Å². The maximum atomic E-state index is 10.3. The molecule has 0 N–H and O–H groups in total. The van der Waals surface area contributed by atoms with Crippen molar-refractivity contribution in [2.24, 2.45) is 5.41 Å². The van der Waals surface area contributed by atoms with Crippen LogP contribution in [0.25, 0.3) is 0 Å². The Hall–Kier alpha value is -1.11. The van der Waals surface area contributed by atoms with Gasteiger partial charge in [-0.15, -0.1) is 0 Å². The van der Waals surface area contributed by atoms with Gasteiger partial charge in [0.1, 0.15) is 6.29 Å². The lowest BCUT2D eigenvalue weighted by Gasteiger charge is -2.30. The molecule has 1 heteroatoms. The molecule has 0 aromatic heterocycles. The molecule has 0 unspecified atom stereocenters. The summed E-state index contributed by atoms with van der Waals surface area (Å²) in [4.78, 5) is 10.3. The summed E-state index contributed by atoms with van der Waals surface area (Å²) in [7, 11) is 0. The quantitative estimate of drug-likeness (QED) is 0.467. The summed E-state index contributed by atoms with van der Waals surface area (Å²) in [5, 5.41) is 0. The molecule has 0 heterocycles. The second kappa shape index (κ2) is 3.73. The van der Waals surface area contributed by atoms with Crippen molar-refractivity contribution >= 4 is 6.29 Å². The third-order valence-electron chi connectivity index (χ3n) is 2.28. The predicted octanol–water partition coefficient (Wildman–Crippen LogP) is 3.04. The van der Waals surface area contributed by atoms with Gasteiger partial charge in [0, 0.05) is 0 Å². The Labute approximate surface area is 79.8 Å². The van der Waals surface area contributed by atoms with Crippen molar-refractivity contribution in [2.75, 3.05) is 0 Å². The molecule has 1 aliphatic carbocycles. The SMILES string of the molecule is C=CC1=C/C(=C/C=O)CC(C)(C)C1. The molecule has 13 heavy (non-hydrogen) atoms. The van der Waals surface area contributed by atoms with Gasteiger partial charge in [-0.25, -0.2) is 0 Å². The van der Waals surface area contributed by atoms with Gasteiger partial charge in [0.2, 0.25) is 0 Å². The maximum absolute atomic E-state index is 10.3. The molecule has 0 spiro atoms. The molecule has 0 amide bonds. The first-order chi connectivity index (χ1) is 6.07. The summed E-state index contributed by atoms with van der Waals surface area (Å²) in [6, 6.07) is 0. The first kappa shape index (κ1) is 9.97. The molecular weight excluding hydrogens is 160 g/mol. The Morgan fingerprint density at radius 1 is 1.46 bits per heavy atom. The number of rotatable bonds is 2. The van der Waals surface area contributed by atoms with E-state index in [0.29, 0.717) is 0 Å². The van der Waals surface area contributed by atoms with Gasteiger partial charge in [-0.3, -0.25) is 4.79 Å². The molecule has 1 aliphatic rings. The fourth-order valence-corrected chi connectivity index (χ4v) is 1.83. The van der Waals surface area contributed by atoms with Gasteiger partial charge in [-0.2, -0.15) is 0 Å². The van der Waals surface area contributed by atoms with Crippen LogP contribution in [0.15, 0.2) is 36.0 Å². The minimum atomic E-state index is 0.257. The molecule has 0 atom stereocenters. The zero-order chi connectivity index (χ0) is 9.90. The molecule has 1 rings (SSSR count). The summed E-state index contributed by atoms with van der Waals surface area (Å²) in [5.41, 5.74) is 2.60.